The summed E-state index contributed by atoms with van der Waals surface area (Å²) in [5.74, 6) is 0. The molecule has 13 heavy (non-hydrogen) atoms. The van der Waals surface area contributed by atoms with Gasteiger partial charge >= 0.3 is 0 Å². The molecule has 0 aliphatic carbocycles. The Hall–Kier alpha value is -0.120. The molecule has 1 aliphatic heterocycles. The minimum absolute atomic E-state index is 0.272. The number of hydrogen-bond acceptors (Lipinski definition) is 3. The zero-order valence-corrected chi connectivity index (χ0v) is 8.76. The van der Waals surface area contributed by atoms with E-state index in [1.807, 2.05) is 0 Å². The van der Waals surface area contributed by atoms with Crippen molar-refractivity contribution < 1.29 is 14.3 Å². The third-order valence-corrected chi connectivity index (χ3v) is 2.49. The van der Waals surface area contributed by atoms with Gasteiger partial charge in [0.25, 0.3) is 5.24 Å². The molecular weight excluding hydrogens is 192 g/mol. The van der Waals surface area contributed by atoms with Crippen LogP contribution >= 0.6 is 11.6 Å². The quantitative estimate of drug-likeness (QED) is 0.664. The molecule has 76 valence electrons. The molecule has 0 radical (unpaired) electrons. The predicted molar refractivity (Wildman–Crippen MR) is 49.6 cm³/mol. The molecule has 0 bridgehead atoms. The number of carbonyl (C=O) groups is 1. The minimum atomic E-state index is -0.941. The van der Waals surface area contributed by atoms with E-state index in [0.717, 1.165) is 19.3 Å². The molecule has 3 nitrogen and oxygen atoms in total. The molecular formula is C9H15ClO3. The fourth-order valence-electron chi connectivity index (χ4n) is 1.18. The van der Waals surface area contributed by atoms with Crippen molar-refractivity contribution in [2.45, 2.75) is 45.0 Å². The number of carbonyl (C=O) groups excluding carboxylic acids is 1. The van der Waals surface area contributed by atoms with E-state index in [4.69, 9.17) is 21.1 Å². The van der Waals surface area contributed by atoms with E-state index in [1.54, 1.807) is 13.8 Å². The lowest BCUT2D eigenvalue weighted by molar-refractivity contribution is -0.210. The van der Waals surface area contributed by atoms with E-state index in [0.29, 0.717) is 6.61 Å². The van der Waals surface area contributed by atoms with Gasteiger partial charge in [0.15, 0.2) is 6.29 Å². The van der Waals surface area contributed by atoms with E-state index < -0.39 is 10.8 Å². The summed E-state index contributed by atoms with van der Waals surface area (Å²) in [6.45, 7) is 4.01. The Morgan fingerprint density at radius 2 is 2.23 bits per heavy atom. The third kappa shape index (κ3) is 3.25. The van der Waals surface area contributed by atoms with Crippen LogP contribution < -0.4 is 0 Å². The number of ether oxygens (including phenoxy) is 2. The topological polar surface area (TPSA) is 35.5 Å². The summed E-state index contributed by atoms with van der Waals surface area (Å²) in [5, 5.41) is -0.485. The average molecular weight is 207 g/mol. The lowest BCUT2D eigenvalue weighted by atomic mass is 10.1. The number of rotatable bonds is 3. The summed E-state index contributed by atoms with van der Waals surface area (Å²) in [4.78, 5) is 10.9. The second-order valence-electron chi connectivity index (χ2n) is 3.70. The van der Waals surface area contributed by atoms with Crippen molar-refractivity contribution in [3.63, 3.8) is 0 Å². The van der Waals surface area contributed by atoms with Crippen LogP contribution in [0.25, 0.3) is 0 Å². The van der Waals surface area contributed by atoms with Crippen LogP contribution in [0.2, 0.25) is 0 Å². The normalized spacial score (nSPS) is 24.4. The van der Waals surface area contributed by atoms with Gasteiger partial charge in [0.1, 0.15) is 5.60 Å². The van der Waals surface area contributed by atoms with Crippen molar-refractivity contribution in [1.29, 1.82) is 0 Å². The Kier molecular flexibility index (Phi) is 3.71. The predicted octanol–water partition coefficient (Wildman–Crippen LogP) is 2.07. The molecule has 0 amide bonds. The van der Waals surface area contributed by atoms with E-state index in [9.17, 15) is 4.79 Å². The highest BCUT2D eigenvalue weighted by molar-refractivity contribution is 6.65. The Labute approximate surface area is 83.3 Å². The molecule has 0 aromatic carbocycles. The summed E-state index contributed by atoms with van der Waals surface area (Å²) < 4.78 is 10.8. The number of halogens is 1. The summed E-state index contributed by atoms with van der Waals surface area (Å²) >= 11 is 5.37. The Bertz CT molecular complexity index is 185. The maximum absolute atomic E-state index is 10.9. The first-order valence-electron chi connectivity index (χ1n) is 4.52. The monoisotopic (exact) mass is 206 g/mol. The van der Waals surface area contributed by atoms with Crippen LogP contribution in [0.15, 0.2) is 0 Å². The average Bonchev–Trinajstić information content (AvgIpc) is 2.05. The van der Waals surface area contributed by atoms with Gasteiger partial charge in [-0.15, -0.1) is 0 Å². The Morgan fingerprint density at radius 1 is 1.54 bits per heavy atom. The highest BCUT2D eigenvalue weighted by Gasteiger charge is 2.31. The highest BCUT2D eigenvalue weighted by atomic mass is 35.5. The lowest BCUT2D eigenvalue weighted by Gasteiger charge is -2.30. The van der Waals surface area contributed by atoms with Crippen molar-refractivity contribution in [2.24, 2.45) is 0 Å². The van der Waals surface area contributed by atoms with E-state index >= 15 is 0 Å². The van der Waals surface area contributed by atoms with Crippen LogP contribution in [0.5, 0.6) is 0 Å². The zero-order chi connectivity index (χ0) is 9.90. The second-order valence-corrected chi connectivity index (χ2v) is 4.04. The molecule has 0 aromatic heterocycles. The Balaban J connectivity index is 2.41. The maximum Gasteiger partial charge on any atom is 0.253 e. The highest BCUT2D eigenvalue weighted by Crippen LogP contribution is 2.22. The molecule has 0 N–H and O–H groups in total. The molecule has 1 atom stereocenters. The van der Waals surface area contributed by atoms with E-state index in [1.165, 1.54) is 0 Å². The van der Waals surface area contributed by atoms with Gasteiger partial charge in [-0.1, -0.05) is 0 Å². The molecule has 0 aromatic rings. The van der Waals surface area contributed by atoms with Gasteiger partial charge in [-0.05, 0) is 44.7 Å². The first kappa shape index (κ1) is 11.0. The summed E-state index contributed by atoms with van der Waals surface area (Å²) in [7, 11) is 0. The fraction of sp³-hybridized carbons (Fsp3) is 0.889. The van der Waals surface area contributed by atoms with Crippen molar-refractivity contribution in [3.05, 3.63) is 0 Å². The smallest absolute Gasteiger partial charge is 0.253 e. The molecule has 1 unspecified atom stereocenters. The van der Waals surface area contributed by atoms with Gasteiger partial charge < -0.3 is 9.47 Å². The molecule has 1 rings (SSSR count). The van der Waals surface area contributed by atoms with E-state index in [2.05, 4.69) is 0 Å². The van der Waals surface area contributed by atoms with Crippen molar-refractivity contribution in [2.75, 3.05) is 6.61 Å². The van der Waals surface area contributed by atoms with Gasteiger partial charge in [-0.3, -0.25) is 4.79 Å². The summed E-state index contributed by atoms with van der Waals surface area (Å²) in [5.41, 5.74) is -0.941. The second kappa shape index (κ2) is 4.40. The minimum Gasteiger partial charge on any atom is -0.353 e. The fourth-order valence-corrected chi connectivity index (χ4v) is 1.22. The molecule has 4 heteroatoms. The lowest BCUT2D eigenvalue weighted by Crippen LogP contribution is -2.38. The van der Waals surface area contributed by atoms with Crippen LogP contribution in [-0.2, 0) is 14.3 Å². The standard InChI is InChI=1S/C9H15ClO3/c1-9(2,8(10)11)13-7-5-3-4-6-12-7/h7H,3-6H2,1-2H3. The van der Waals surface area contributed by atoms with Crippen molar-refractivity contribution in [1.82, 2.24) is 0 Å². The molecule has 0 saturated carbocycles. The molecule has 0 spiro atoms. The van der Waals surface area contributed by atoms with Crippen LogP contribution in [0, 0.1) is 0 Å². The Morgan fingerprint density at radius 3 is 2.69 bits per heavy atom. The van der Waals surface area contributed by atoms with Crippen LogP contribution in [0.3, 0.4) is 0 Å². The third-order valence-electron chi connectivity index (χ3n) is 2.04. The van der Waals surface area contributed by atoms with Crippen LogP contribution in [0.1, 0.15) is 33.1 Å². The van der Waals surface area contributed by atoms with E-state index in [-0.39, 0.29) is 6.29 Å². The molecule has 1 aliphatic rings. The first-order chi connectivity index (χ1) is 6.02. The van der Waals surface area contributed by atoms with Gasteiger partial charge in [0.05, 0.1) is 0 Å². The first-order valence-corrected chi connectivity index (χ1v) is 4.89. The van der Waals surface area contributed by atoms with Gasteiger partial charge in [-0.25, -0.2) is 0 Å². The maximum atomic E-state index is 10.9. The van der Waals surface area contributed by atoms with Gasteiger partial charge in [0, 0.05) is 6.61 Å². The molecule has 1 saturated heterocycles. The largest absolute Gasteiger partial charge is 0.353 e. The van der Waals surface area contributed by atoms with Gasteiger partial charge in [0.2, 0.25) is 0 Å². The van der Waals surface area contributed by atoms with Gasteiger partial charge in [-0.2, -0.15) is 0 Å². The van der Waals surface area contributed by atoms with Crippen LogP contribution in [-0.4, -0.2) is 23.7 Å². The van der Waals surface area contributed by atoms with Crippen molar-refractivity contribution in [3.8, 4) is 0 Å². The SMILES string of the molecule is CC(C)(OC1CCCCO1)C(=O)Cl. The summed E-state index contributed by atoms with van der Waals surface area (Å²) in [6, 6.07) is 0. The zero-order valence-electron chi connectivity index (χ0n) is 8.01. The van der Waals surface area contributed by atoms with Crippen LogP contribution in [0.4, 0.5) is 0 Å². The molecule has 1 fully saturated rings. The number of hydrogen-bond donors (Lipinski definition) is 0. The molecule has 1 heterocycles. The van der Waals surface area contributed by atoms with Crippen molar-refractivity contribution >= 4 is 16.8 Å². The summed E-state index contributed by atoms with van der Waals surface area (Å²) in [6.07, 6.45) is 2.71.